The summed E-state index contributed by atoms with van der Waals surface area (Å²) in [5.41, 5.74) is 0. The maximum atomic E-state index is 12.9. The molecule has 0 aliphatic carbocycles. The average Bonchev–Trinajstić information content (AvgIpc) is 3.34. The summed E-state index contributed by atoms with van der Waals surface area (Å²) in [5, 5.41) is 13.8. The molecule has 0 saturated heterocycles. The van der Waals surface area contributed by atoms with Crippen LogP contribution in [0.15, 0.2) is 97.2 Å². The molecule has 8 nitrogen and oxygen atoms in total. The fourth-order valence-corrected chi connectivity index (χ4v) is 8.92. The highest BCUT2D eigenvalue weighted by atomic mass is 31.2. The first kappa shape index (κ1) is 69.4. The number of aliphatic hydroxyl groups excluding tert-OH is 1. The first-order chi connectivity index (χ1) is 35.0. The van der Waals surface area contributed by atoms with Gasteiger partial charge >= 0.3 is 0 Å². The fourth-order valence-electron chi connectivity index (χ4n) is 8.19. The topological polar surface area (TPSA) is 108 Å². The number of aliphatic hydroxyl groups is 1. The lowest BCUT2D eigenvalue weighted by molar-refractivity contribution is -0.870. The van der Waals surface area contributed by atoms with Gasteiger partial charge in [-0.2, -0.15) is 0 Å². The SMILES string of the molecule is CC/C=C\C/C=C\C/C=C\C/C=C\C/C=C\C/C=C\C/C=C\CCCCCCCCCCCCCCCCCC(=O)NC(COP(=O)([O-])OCC[N+](C)(C)C)C(O)/C=C/CCCCCCCCCCCCC. The van der Waals surface area contributed by atoms with Crippen LogP contribution in [0.1, 0.15) is 245 Å². The zero-order valence-electron chi connectivity index (χ0n) is 47.4. The maximum absolute atomic E-state index is 12.9. The van der Waals surface area contributed by atoms with E-state index >= 15 is 0 Å². The normalized spacial score (nSPS) is 14.6. The van der Waals surface area contributed by atoms with E-state index in [2.05, 4.69) is 104 Å². The van der Waals surface area contributed by atoms with E-state index < -0.39 is 20.0 Å². The van der Waals surface area contributed by atoms with E-state index in [1.807, 2.05) is 27.2 Å². The predicted molar refractivity (Wildman–Crippen MR) is 311 cm³/mol. The Morgan fingerprint density at radius 1 is 0.500 bits per heavy atom. The molecule has 72 heavy (non-hydrogen) atoms. The summed E-state index contributed by atoms with van der Waals surface area (Å²) < 4.78 is 23.3. The Hall–Kier alpha value is -2.58. The molecular formula is C63H113N2O6P. The fraction of sp³-hybridized carbons (Fsp3) is 0.730. The maximum Gasteiger partial charge on any atom is 0.268 e. The molecule has 0 aromatic rings. The van der Waals surface area contributed by atoms with Crippen molar-refractivity contribution in [2.75, 3.05) is 40.9 Å². The average molecular weight is 1030 g/mol. The van der Waals surface area contributed by atoms with Crippen molar-refractivity contribution in [1.29, 1.82) is 0 Å². The number of hydrogen-bond donors (Lipinski definition) is 2. The van der Waals surface area contributed by atoms with Crippen LogP contribution in [0.2, 0.25) is 0 Å². The largest absolute Gasteiger partial charge is 0.756 e. The second-order valence-electron chi connectivity index (χ2n) is 21.0. The first-order valence-electron chi connectivity index (χ1n) is 29.6. The van der Waals surface area contributed by atoms with Gasteiger partial charge in [-0.05, 0) is 77.0 Å². The van der Waals surface area contributed by atoms with Crippen molar-refractivity contribution in [2.45, 2.75) is 257 Å². The minimum Gasteiger partial charge on any atom is -0.756 e. The van der Waals surface area contributed by atoms with Crippen LogP contribution in [0.5, 0.6) is 0 Å². The number of unbranched alkanes of at least 4 members (excludes halogenated alkanes) is 26. The minimum absolute atomic E-state index is 0.00361. The standard InChI is InChI=1S/C63H113N2O6P/c1-6-8-10-12-14-16-18-20-21-22-23-24-25-26-27-28-29-30-31-32-33-34-35-36-37-38-39-40-41-42-43-45-47-49-51-53-55-57-63(67)64-61(60-71-72(68,69)70-59-58-65(3,4)5)62(66)56-54-52-50-48-46-44-19-17-15-13-11-9-7-2/h8,10,14,16,20-21,23-24,26-27,29-30,32-33,54,56,61-62,66H,6-7,9,11-13,15,17-19,22,25,28,31,34-53,55,57-60H2,1-5H3,(H-,64,67,68,69)/b10-8-,16-14-,21-20-,24-23-,27-26-,30-29-,33-32-,56-54+. The quantitative estimate of drug-likeness (QED) is 0.0272. The van der Waals surface area contributed by atoms with Gasteiger partial charge in [0.2, 0.25) is 5.91 Å². The predicted octanol–water partition coefficient (Wildman–Crippen LogP) is 17.6. The van der Waals surface area contributed by atoms with Crippen molar-refractivity contribution < 1.29 is 32.9 Å². The molecule has 9 heteroatoms. The molecular weight excluding hydrogens is 912 g/mol. The van der Waals surface area contributed by atoms with Crippen molar-refractivity contribution in [3.8, 4) is 0 Å². The highest BCUT2D eigenvalue weighted by Gasteiger charge is 2.23. The molecule has 0 radical (unpaired) electrons. The van der Waals surface area contributed by atoms with Crippen molar-refractivity contribution in [3.05, 3.63) is 97.2 Å². The highest BCUT2D eigenvalue weighted by molar-refractivity contribution is 7.45. The summed E-state index contributed by atoms with van der Waals surface area (Å²) >= 11 is 0. The summed E-state index contributed by atoms with van der Waals surface area (Å²) in [6, 6.07) is -0.890. The van der Waals surface area contributed by atoms with Gasteiger partial charge in [-0.25, -0.2) is 0 Å². The van der Waals surface area contributed by atoms with Crippen molar-refractivity contribution in [1.82, 2.24) is 5.32 Å². The number of hydrogen-bond acceptors (Lipinski definition) is 6. The summed E-state index contributed by atoms with van der Waals surface area (Å²) in [7, 11) is 1.26. The van der Waals surface area contributed by atoms with Crippen LogP contribution in [0.25, 0.3) is 0 Å². The number of carbonyl (C=O) groups excluding carboxylic acids is 1. The van der Waals surface area contributed by atoms with Crippen molar-refractivity contribution in [3.63, 3.8) is 0 Å². The Bertz CT molecular complexity index is 1490. The van der Waals surface area contributed by atoms with Gasteiger partial charge in [0.1, 0.15) is 13.2 Å². The van der Waals surface area contributed by atoms with Gasteiger partial charge in [0, 0.05) is 6.42 Å². The van der Waals surface area contributed by atoms with Crippen LogP contribution in [0, 0.1) is 0 Å². The van der Waals surface area contributed by atoms with Crippen LogP contribution in [0.4, 0.5) is 0 Å². The molecule has 0 aromatic heterocycles. The summed E-state index contributed by atoms with van der Waals surface area (Å²) in [5.74, 6) is -0.200. The molecule has 0 aliphatic rings. The highest BCUT2D eigenvalue weighted by Crippen LogP contribution is 2.38. The van der Waals surface area contributed by atoms with Gasteiger partial charge in [0.15, 0.2) is 0 Å². The third-order valence-corrected chi connectivity index (χ3v) is 13.8. The van der Waals surface area contributed by atoms with Gasteiger partial charge in [-0.3, -0.25) is 9.36 Å². The van der Waals surface area contributed by atoms with E-state index in [9.17, 15) is 19.4 Å². The van der Waals surface area contributed by atoms with Crippen molar-refractivity contribution >= 4 is 13.7 Å². The van der Waals surface area contributed by atoms with Crippen LogP contribution in [0.3, 0.4) is 0 Å². The number of carbonyl (C=O) groups is 1. The Balaban J connectivity index is 4.03. The number of nitrogens with one attached hydrogen (secondary N) is 1. The Labute approximate surface area is 445 Å². The van der Waals surface area contributed by atoms with Crippen LogP contribution in [-0.2, 0) is 18.4 Å². The number of allylic oxidation sites excluding steroid dienone is 15. The zero-order valence-corrected chi connectivity index (χ0v) is 48.2. The van der Waals surface area contributed by atoms with E-state index in [-0.39, 0.29) is 19.1 Å². The van der Waals surface area contributed by atoms with E-state index in [0.717, 1.165) is 83.5 Å². The van der Waals surface area contributed by atoms with E-state index in [1.54, 1.807) is 6.08 Å². The van der Waals surface area contributed by atoms with Crippen LogP contribution < -0.4 is 10.2 Å². The molecule has 0 rings (SSSR count). The third-order valence-electron chi connectivity index (χ3n) is 12.8. The second kappa shape index (κ2) is 53.3. The molecule has 416 valence electrons. The molecule has 0 saturated carbocycles. The van der Waals surface area contributed by atoms with Gasteiger partial charge in [0.05, 0.1) is 39.9 Å². The molecule has 2 N–H and O–H groups in total. The number of rotatable bonds is 53. The number of likely N-dealkylation sites (N-methyl/N-ethyl adjacent to an activating group) is 1. The Kier molecular flexibility index (Phi) is 51.3. The van der Waals surface area contributed by atoms with Gasteiger partial charge in [-0.15, -0.1) is 0 Å². The molecule has 1 amide bonds. The number of amides is 1. The van der Waals surface area contributed by atoms with E-state index in [0.29, 0.717) is 17.4 Å². The molecule has 0 bridgehead atoms. The second-order valence-corrected chi connectivity index (χ2v) is 22.4. The summed E-state index contributed by atoms with van der Waals surface area (Å²) in [6.45, 7) is 4.53. The monoisotopic (exact) mass is 1020 g/mol. The van der Waals surface area contributed by atoms with E-state index in [1.165, 1.54) is 141 Å². The molecule has 3 unspecified atom stereocenters. The lowest BCUT2D eigenvalue weighted by Gasteiger charge is -2.29. The Morgan fingerprint density at radius 2 is 0.847 bits per heavy atom. The summed E-state index contributed by atoms with van der Waals surface area (Å²) in [6.07, 6.45) is 76.3. The molecule has 0 aliphatic heterocycles. The molecule has 0 spiro atoms. The van der Waals surface area contributed by atoms with Gasteiger partial charge < -0.3 is 28.8 Å². The third kappa shape index (κ3) is 55.2. The van der Waals surface area contributed by atoms with E-state index in [4.69, 9.17) is 9.05 Å². The Morgan fingerprint density at radius 3 is 1.24 bits per heavy atom. The van der Waals surface area contributed by atoms with Gasteiger partial charge in [-0.1, -0.05) is 259 Å². The molecule has 3 atom stereocenters. The lowest BCUT2D eigenvalue weighted by atomic mass is 10.0. The van der Waals surface area contributed by atoms with Crippen LogP contribution in [-0.4, -0.2) is 68.5 Å². The molecule has 0 fully saturated rings. The summed E-state index contributed by atoms with van der Waals surface area (Å²) in [4.78, 5) is 25.5. The first-order valence-corrected chi connectivity index (χ1v) is 31.1. The number of phosphoric ester groups is 1. The van der Waals surface area contributed by atoms with Crippen molar-refractivity contribution in [2.24, 2.45) is 0 Å². The van der Waals surface area contributed by atoms with Gasteiger partial charge in [0.25, 0.3) is 7.82 Å². The number of nitrogens with zero attached hydrogens (tertiary/aromatic N) is 1. The lowest BCUT2D eigenvalue weighted by Crippen LogP contribution is -2.45. The van der Waals surface area contributed by atoms with Crippen LogP contribution >= 0.6 is 7.82 Å². The number of quaternary nitrogens is 1. The molecule has 0 aromatic carbocycles. The smallest absolute Gasteiger partial charge is 0.268 e. The molecule has 0 heterocycles. The number of phosphoric acid groups is 1. The zero-order chi connectivity index (χ0) is 52.7. The minimum atomic E-state index is -4.60.